The summed E-state index contributed by atoms with van der Waals surface area (Å²) in [5.74, 6) is 2.09. The minimum absolute atomic E-state index is 0.00624. The van der Waals surface area contributed by atoms with E-state index < -0.39 is 42.6 Å². The molecule has 0 bridgehead atoms. The molecule has 2 fully saturated rings. The summed E-state index contributed by atoms with van der Waals surface area (Å²) < 4.78 is 27.1. The van der Waals surface area contributed by atoms with E-state index in [1.165, 1.54) is 0 Å². The van der Waals surface area contributed by atoms with Crippen LogP contribution in [0, 0.1) is 0 Å². The van der Waals surface area contributed by atoms with Gasteiger partial charge in [-0.2, -0.15) is 0 Å². The Bertz CT molecular complexity index is 3790. The third-order valence-corrected chi connectivity index (χ3v) is 17.7. The molecule has 2 aliphatic rings. The number of hydrogen-bond acceptors (Lipinski definition) is 12. The van der Waals surface area contributed by atoms with E-state index in [4.69, 9.17) is 62.2 Å². The Morgan fingerprint density at radius 2 is 0.979 bits per heavy atom. The summed E-state index contributed by atoms with van der Waals surface area (Å²) in [4.78, 5) is 66.9. The van der Waals surface area contributed by atoms with Gasteiger partial charge >= 0.3 is 19.3 Å². The van der Waals surface area contributed by atoms with Crippen molar-refractivity contribution in [1.82, 2.24) is 39.5 Å². The minimum atomic E-state index is -1.34. The highest BCUT2D eigenvalue weighted by Gasteiger charge is 2.34. The van der Waals surface area contributed by atoms with Gasteiger partial charge in [0.05, 0.1) is 32.1 Å². The zero-order chi connectivity index (χ0) is 68.9. The smallest absolute Gasteiger partial charge is 0.444 e. The van der Waals surface area contributed by atoms with E-state index in [9.17, 15) is 19.2 Å². The zero-order valence-electron chi connectivity index (χ0n) is 56.4. The quantitative estimate of drug-likeness (QED) is 0.0369. The number of alkyl carbamates (subject to hydrolysis) is 2. The van der Waals surface area contributed by atoms with Gasteiger partial charge in [0, 0.05) is 108 Å². The summed E-state index contributed by atoms with van der Waals surface area (Å²) in [6.45, 7) is 16.2. The lowest BCUT2D eigenvalue weighted by Crippen LogP contribution is -2.46. The van der Waals surface area contributed by atoms with Gasteiger partial charge in [-0.1, -0.05) is 148 Å². The first-order valence-electron chi connectivity index (χ1n) is 33.1. The number of halogens is 3. The first kappa shape index (κ1) is 74.5. The molecule has 4 amide bonds. The molecule has 0 saturated carbocycles. The van der Waals surface area contributed by atoms with Crippen molar-refractivity contribution in [3.05, 3.63) is 183 Å². The molecule has 2 aliphatic heterocycles. The maximum absolute atomic E-state index is 13.9. The number of amides is 4. The number of nitrogens with zero attached hydrogens (tertiary/aromatic N) is 6. The van der Waals surface area contributed by atoms with Crippen LogP contribution in [-0.2, 0) is 54.5 Å². The van der Waals surface area contributed by atoms with Crippen molar-refractivity contribution < 1.29 is 48.2 Å². The van der Waals surface area contributed by atoms with Gasteiger partial charge in [-0.15, -0.1) is 0 Å². The topological polar surface area (TPSA) is 212 Å². The fraction of sp³-hybridized carbons (Fsp3) is 0.432. The first-order chi connectivity index (χ1) is 45.9. The number of carbonyl (C=O) groups is 4. The summed E-state index contributed by atoms with van der Waals surface area (Å²) in [6.07, 6.45) is 5.61. The predicted octanol–water partition coefficient (Wildman–Crippen LogP) is 13.7. The Hall–Kier alpha value is -7.30. The summed E-state index contributed by atoms with van der Waals surface area (Å²) in [5.41, 5.74) is 7.16. The Morgan fingerprint density at radius 1 is 0.573 bits per heavy atom. The van der Waals surface area contributed by atoms with Crippen molar-refractivity contribution in [2.75, 3.05) is 53.6 Å². The number of benzene rings is 6. The fourth-order valence-corrected chi connectivity index (χ4v) is 13.0. The molecule has 0 unspecified atom stereocenters. The molecule has 512 valence electrons. The van der Waals surface area contributed by atoms with Crippen LogP contribution < -0.4 is 16.1 Å². The molecule has 96 heavy (non-hydrogen) atoms. The van der Waals surface area contributed by atoms with Gasteiger partial charge in [0.15, 0.2) is 0 Å². The SMILES string of the molecule is COCCCn1c([C@@H]2CCCN(C(=O)C[C@@H](Cc3ccc(-c4ccccc4)cc3)NC(=O)OC(C)(C)C)C2)nc2cccc(Cl)c21.COCCCn1c([C@@H]2CCCN(C(=O)C[C@@H](Cc3ccc(Br)cc3)NC(=O)OC(C)(C)C)C2)nc2cccc(Cl)c21.OB(O)c1ccccc1. The van der Waals surface area contributed by atoms with Crippen molar-refractivity contribution in [1.29, 1.82) is 0 Å². The van der Waals surface area contributed by atoms with Crippen molar-refractivity contribution >= 4 is 97.8 Å². The standard InChI is InChI=1S/C37H45ClN4O4.C31H40BrClN4O4.C6H7BO2/c1-37(2,3)46-36(44)39-30(23-26-16-18-28(19-17-26)27-11-6-5-7-12-27)24-33(43)41-20-9-13-29(25-41)35-40-32-15-8-14-31(38)34(32)42(35)21-10-22-45-4;1-31(2,3)41-30(39)34-24(18-21-11-13-23(32)14-12-21)19-27(38)36-15-6-8-22(20-36)29-35-26-10-5-9-25(33)28(26)37(29)16-7-17-40-4;8-7(9)6-4-2-1-3-5-6/h5-8,11-12,14-19,29-30H,9-10,13,20-25H2,1-4H3,(H,39,44);5,9-14,22,24H,6-8,15-20H2,1-4H3,(H,34,39);1-5,8-9H/t29-,30-;22-,24-;/m11./s1. The maximum atomic E-state index is 13.9. The zero-order valence-corrected chi connectivity index (χ0v) is 59.5. The number of carbonyl (C=O) groups excluding carboxylic acids is 4. The average molecular weight is 1420 g/mol. The number of ether oxygens (including phenoxy) is 4. The number of para-hydroxylation sites is 2. The Balaban J connectivity index is 0.000000218. The summed E-state index contributed by atoms with van der Waals surface area (Å²) in [6, 6.07) is 45.8. The van der Waals surface area contributed by atoms with E-state index >= 15 is 0 Å². The third kappa shape index (κ3) is 22.4. The lowest BCUT2D eigenvalue weighted by atomic mass is 9.81. The molecule has 0 spiro atoms. The van der Waals surface area contributed by atoms with Crippen LogP contribution in [0.2, 0.25) is 10.0 Å². The number of hydrogen-bond donors (Lipinski definition) is 4. The summed E-state index contributed by atoms with van der Waals surface area (Å²) in [5, 5.41) is 24.4. The van der Waals surface area contributed by atoms with E-state index in [-0.39, 0.29) is 36.5 Å². The number of methoxy groups -OCH3 is 2. The van der Waals surface area contributed by atoms with Crippen LogP contribution in [0.4, 0.5) is 9.59 Å². The number of piperidine rings is 2. The minimum Gasteiger partial charge on any atom is -0.444 e. The van der Waals surface area contributed by atoms with Crippen LogP contribution in [0.25, 0.3) is 33.2 Å². The van der Waals surface area contributed by atoms with Crippen LogP contribution in [0.3, 0.4) is 0 Å². The highest BCUT2D eigenvalue weighted by molar-refractivity contribution is 9.10. The molecule has 6 aromatic carbocycles. The summed E-state index contributed by atoms with van der Waals surface area (Å²) in [7, 11) is 2.06. The van der Waals surface area contributed by atoms with Gasteiger partial charge in [0.25, 0.3) is 0 Å². The van der Waals surface area contributed by atoms with Gasteiger partial charge in [0.2, 0.25) is 11.8 Å². The highest BCUT2D eigenvalue weighted by atomic mass is 79.9. The second-order valence-corrected chi connectivity index (χ2v) is 28.2. The van der Waals surface area contributed by atoms with Crippen molar-refractivity contribution in [3.63, 3.8) is 0 Å². The van der Waals surface area contributed by atoms with E-state index in [0.29, 0.717) is 67.7 Å². The number of imidazole rings is 2. The molecule has 18 nitrogen and oxygen atoms in total. The Kier molecular flexibility index (Phi) is 27.8. The fourth-order valence-electron chi connectivity index (χ4n) is 12.2. The molecular formula is C74H92BBrCl2N8O10. The maximum Gasteiger partial charge on any atom is 0.488 e. The van der Waals surface area contributed by atoms with Crippen LogP contribution in [0.5, 0.6) is 0 Å². The van der Waals surface area contributed by atoms with Crippen LogP contribution in [0.15, 0.2) is 150 Å². The lowest BCUT2D eigenvalue weighted by molar-refractivity contribution is -0.133. The molecule has 4 atom stereocenters. The number of nitrogens with one attached hydrogen (secondary N) is 2. The number of aryl methyl sites for hydroxylation is 2. The van der Waals surface area contributed by atoms with Gasteiger partial charge < -0.3 is 58.6 Å². The van der Waals surface area contributed by atoms with Crippen molar-refractivity contribution in [3.8, 4) is 11.1 Å². The largest absolute Gasteiger partial charge is 0.488 e. The molecule has 0 aliphatic carbocycles. The molecule has 2 aromatic heterocycles. The first-order valence-corrected chi connectivity index (χ1v) is 34.6. The Labute approximate surface area is 583 Å². The van der Waals surface area contributed by atoms with Gasteiger partial charge in [0.1, 0.15) is 22.9 Å². The van der Waals surface area contributed by atoms with E-state index in [1.807, 2.05) is 136 Å². The lowest BCUT2D eigenvalue weighted by Gasteiger charge is -2.34. The number of fused-ring (bicyclic) bond motifs is 2. The molecule has 10 rings (SSSR count). The number of likely N-dealkylation sites (tertiary alicyclic amines) is 2. The highest BCUT2D eigenvalue weighted by Crippen LogP contribution is 2.35. The molecule has 22 heteroatoms. The molecule has 4 N–H and O–H groups in total. The second kappa shape index (κ2) is 35.8. The van der Waals surface area contributed by atoms with Crippen molar-refractivity contribution in [2.24, 2.45) is 0 Å². The molecular weight excluding hydrogens is 1320 g/mol. The Morgan fingerprint density at radius 3 is 1.38 bits per heavy atom. The number of rotatable bonds is 22. The van der Waals surface area contributed by atoms with Gasteiger partial charge in [-0.05, 0) is 157 Å². The normalized spacial score (nSPS) is 15.6. The molecule has 2 saturated heterocycles. The second-order valence-electron chi connectivity index (χ2n) is 26.5. The van der Waals surface area contributed by atoms with Crippen LogP contribution in [-0.4, -0.2) is 147 Å². The number of aromatic nitrogens is 4. The third-order valence-electron chi connectivity index (χ3n) is 16.6. The molecule has 0 radical (unpaired) electrons. The van der Waals surface area contributed by atoms with Gasteiger partial charge in [-0.25, -0.2) is 19.6 Å². The average Bonchev–Trinajstić information content (AvgIpc) is 1.63. The van der Waals surface area contributed by atoms with Crippen LogP contribution in [0.1, 0.15) is 128 Å². The van der Waals surface area contributed by atoms with E-state index in [1.54, 1.807) is 38.5 Å². The van der Waals surface area contributed by atoms with Crippen LogP contribution >= 0.6 is 39.1 Å². The van der Waals surface area contributed by atoms with Gasteiger partial charge in [-0.3, -0.25) is 9.59 Å². The monoisotopic (exact) mass is 1410 g/mol. The van der Waals surface area contributed by atoms with E-state index in [2.05, 4.69) is 72.1 Å². The van der Waals surface area contributed by atoms with Crippen molar-refractivity contribution in [2.45, 2.75) is 154 Å². The molecule has 4 heterocycles. The summed E-state index contributed by atoms with van der Waals surface area (Å²) >= 11 is 16.7. The molecule has 8 aromatic rings. The predicted molar refractivity (Wildman–Crippen MR) is 385 cm³/mol. The van der Waals surface area contributed by atoms with E-state index in [0.717, 1.165) is 112 Å².